The minimum Gasteiger partial charge on any atom is -0.465 e. The van der Waals surface area contributed by atoms with Crippen molar-refractivity contribution >= 4 is 17.6 Å². The van der Waals surface area contributed by atoms with E-state index < -0.39 is 23.1 Å². The number of hydrogen-bond acceptors (Lipinski definition) is 7. The normalized spacial score (nSPS) is 11.8. The summed E-state index contributed by atoms with van der Waals surface area (Å²) in [6, 6.07) is 11.0. The molecule has 1 aliphatic heterocycles. The first-order valence-electron chi connectivity index (χ1n) is 9.17. The molecule has 10 nitrogen and oxygen atoms in total. The molecule has 0 spiro atoms. The molecule has 31 heavy (non-hydrogen) atoms. The molecular weight excluding hydrogens is 406 g/mol. The average Bonchev–Trinajstić information content (AvgIpc) is 3.24. The van der Waals surface area contributed by atoms with Gasteiger partial charge in [0, 0.05) is 11.9 Å². The second-order valence-electron chi connectivity index (χ2n) is 6.61. The van der Waals surface area contributed by atoms with Crippen LogP contribution >= 0.6 is 0 Å². The number of benzene rings is 2. The molecule has 1 aliphatic rings. The van der Waals surface area contributed by atoms with Gasteiger partial charge >= 0.3 is 11.7 Å². The van der Waals surface area contributed by atoms with Crippen molar-refractivity contribution in [1.82, 2.24) is 9.55 Å². The van der Waals surface area contributed by atoms with Gasteiger partial charge in [-0.1, -0.05) is 6.07 Å². The molecule has 2 N–H and O–H groups in total. The van der Waals surface area contributed by atoms with Crippen LogP contribution in [0.3, 0.4) is 0 Å². The molecule has 2 aromatic carbocycles. The van der Waals surface area contributed by atoms with Crippen LogP contribution in [-0.2, 0) is 11.3 Å². The number of esters is 1. The molecule has 0 saturated heterocycles. The first-order valence-corrected chi connectivity index (χ1v) is 9.17. The Labute approximate surface area is 175 Å². The predicted molar refractivity (Wildman–Crippen MR) is 109 cm³/mol. The van der Waals surface area contributed by atoms with Gasteiger partial charge in [-0.2, -0.15) is 0 Å². The predicted octanol–water partition coefficient (Wildman–Crippen LogP) is 1.35. The smallest absolute Gasteiger partial charge is 0.337 e. The Morgan fingerprint density at radius 3 is 2.58 bits per heavy atom. The van der Waals surface area contributed by atoms with Gasteiger partial charge in [-0.15, -0.1) is 0 Å². The number of carbonyl (C=O) groups is 2. The zero-order valence-corrected chi connectivity index (χ0v) is 16.3. The molecule has 4 rings (SSSR count). The Morgan fingerprint density at radius 1 is 1.10 bits per heavy atom. The van der Waals surface area contributed by atoms with Gasteiger partial charge in [0.25, 0.3) is 11.5 Å². The van der Waals surface area contributed by atoms with E-state index in [0.29, 0.717) is 28.3 Å². The number of amides is 1. The fraction of sp³-hybridized carbons (Fsp3) is 0.143. The average molecular weight is 423 g/mol. The van der Waals surface area contributed by atoms with E-state index in [0.717, 1.165) is 10.8 Å². The highest BCUT2D eigenvalue weighted by molar-refractivity contribution is 6.04. The van der Waals surface area contributed by atoms with Gasteiger partial charge in [-0.25, -0.2) is 9.59 Å². The van der Waals surface area contributed by atoms with Gasteiger partial charge in [0.2, 0.25) is 6.79 Å². The number of H-pyrrole nitrogens is 1. The fourth-order valence-corrected chi connectivity index (χ4v) is 3.05. The van der Waals surface area contributed by atoms with E-state index in [2.05, 4.69) is 15.0 Å². The number of aromatic amines is 1. The summed E-state index contributed by atoms with van der Waals surface area (Å²) in [7, 11) is 1.27. The number of hydrogen-bond donors (Lipinski definition) is 2. The highest BCUT2D eigenvalue weighted by Crippen LogP contribution is 2.32. The molecule has 0 bridgehead atoms. The number of carbonyl (C=O) groups excluding carboxylic acids is 2. The molecule has 0 saturated carbocycles. The van der Waals surface area contributed by atoms with Crippen molar-refractivity contribution in [2.45, 2.75) is 6.54 Å². The van der Waals surface area contributed by atoms with E-state index in [1.807, 2.05) is 0 Å². The highest BCUT2D eigenvalue weighted by atomic mass is 16.7. The van der Waals surface area contributed by atoms with Crippen molar-refractivity contribution in [3.8, 4) is 11.5 Å². The van der Waals surface area contributed by atoms with Crippen LogP contribution in [0.25, 0.3) is 0 Å². The lowest BCUT2D eigenvalue weighted by molar-refractivity contribution is 0.0600. The first kappa shape index (κ1) is 20.0. The van der Waals surface area contributed by atoms with Crippen LogP contribution in [0.5, 0.6) is 11.5 Å². The largest absolute Gasteiger partial charge is 0.465 e. The van der Waals surface area contributed by atoms with Crippen molar-refractivity contribution in [2.75, 3.05) is 19.2 Å². The summed E-state index contributed by atoms with van der Waals surface area (Å²) in [6.45, 7) is 0.0509. The highest BCUT2D eigenvalue weighted by Gasteiger charge is 2.17. The monoisotopic (exact) mass is 423 g/mol. The van der Waals surface area contributed by atoms with Gasteiger partial charge in [0.05, 0.1) is 19.2 Å². The third-order valence-electron chi connectivity index (χ3n) is 4.65. The van der Waals surface area contributed by atoms with Crippen LogP contribution < -0.4 is 26.0 Å². The summed E-state index contributed by atoms with van der Waals surface area (Å²) in [5.74, 6) is -0.112. The van der Waals surface area contributed by atoms with Crippen molar-refractivity contribution < 1.29 is 23.8 Å². The Hall–Kier alpha value is -4.34. The molecule has 158 valence electrons. The van der Waals surface area contributed by atoms with Crippen LogP contribution in [0.4, 0.5) is 5.69 Å². The second-order valence-corrected chi connectivity index (χ2v) is 6.61. The lowest BCUT2D eigenvalue weighted by atomic mass is 10.2. The van der Waals surface area contributed by atoms with Crippen LogP contribution in [0.15, 0.2) is 58.3 Å². The number of nitrogens with one attached hydrogen (secondary N) is 2. The summed E-state index contributed by atoms with van der Waals surface area (Å²) >= 11 is 0. The topological polar surface area (TPSA) is 129 Å². The molecule has 0 atom stereocenters. The molecule has 0 radical (unpaired) electrons. The summed E-state index contributed by atoms with van der Waals surface area (Å²) in [4.78, 5) is 51.5. The molecule has 1 amide bonds. The van der Waals surface area contributed by atoms with E-state index in [1.54, 1.807) is 18.2 Å². The zero-order valence-electron chi connectivity index (χ0n) is 16.3. The van der Waals surface area contributed by atoms with Gasteiger partial charge in [0.15, 0.2) is 11.5 Å². The van der Waals surface area contributed by atoms with E-state index in [1.165, 1.54) is 31.4 Å². The number of anilines is 1. The summed E-state index contributed by atoms with van der Waals surface area (Å²) in [5.41, 5.74) is -0.321. The van der Waals surface area contributed by atoms with Gasteiger partial charge in [0.1, 0.15) is 5.56 Å². The van der Waals surface area contributed by atoms with Crippen molar-refractivity contribution in [2.24, 2.45) is 0 Å². The summed E-state index contributed by atoms with van der Waals surface area (Å²) in [6.07, 6.45) is 1.07. The maximum atomic E-state index is 12.8. The number of methoxy groups -OCH3 is 1. The molecule has 2 heterocycles. The Kier molecular flexibility index (Phi) is 5.27. The quantitative estimate of drug-likeness (QED) is 0.593. The van der Waals surface area contributed by atoms with E-state index in [-0.39, 0.29) is 18.9 Å². The van der Waals surface area contributed by atoms with E-state index in [4.69, 9.17) is 9.47 Å². The lowest BCUT2D eigenvalue weighted by Crippen LogP contribution is -2.39. The van der Waals surface area contributed by atoms with Crippen LogP contribution in [-0.4, -0.2) is 35.3 Å². The third kappa shape index (κ3) is 4.04. The molecule has 1 aromatic heterocycles. The number of ether oxygens (including phenoxy) is 3. The first-order chi connectivity index (χ1) is 15.0. The Morgan fingerprint density at radius 2 is 1.84 bits per heavy atom. The molecule has 10 heteroatoms. The van der Waals surface area contributed by atoms with Gasteiger partial charge < -0.3 is 24.5 Å². The summed E-state index contributed by atoms with van der Waals surface area (Å²) < 4.78 is 16.1. The molecule has 0 unspecified atom stereocenters. The van der Waals surface area contributed by atoms with Gasteiger partial charge in [-0.05, 0) is 42.0 Å². The number of rotatable bonds is 5. The SMILES string of the molecule is COC(=O)c1ccc(NC(=O)c2c[nH]c(=O)n(Cc3ccc4c(c3)OCO4)c2=O)cc1. The molecule has 0 fully saturated rings. The standard InChI is InChI=1S/C21H17N3O7/c1-29-20(27)13-3-5-14(6-4-13)23-18(25)15-9-22-21(28)24(19(15)26)10-12-2-7-16-17(8-12)31-11-30-16/h2-9H,10-11H2,1H3,(H,22,28)(H,23,25). The minimum absolute atomic E-state index is 0.0558. The number of aromatic nitrogens is 2. The van der Waals surface area contributed by atoms with Crippen molar-refractivity contribution in [1.29, 1.82) is 0 Å². The van der Waals surface area contributed by atoms with Crippen molar-refractivity contribution in [3.63, 3.8) is 0 Å². The van der Waals surface area contributed by atoms with E-state index >= 15 is 0 Å². The lowest BCUT2D eigenvalue weighted by Gasteiger charge is -2.09. The Balaban J connectivity index is 1.57. The van der Waals surface area contributed by atoms with Crippen molar-refractivity contribution in [3.05, 3.63) is 86.2 Å². The van der Waals surface area contributed by atoms with Crippen LogP contribution in [0.2, 0.25) is 0 Å². The summed E-state index contributed by atoms with van der Waals surface area (Å²) in [5, 5.41) is 2.56. The molecular formula is C21H17N3O7. The second kappa shape index (κ2) is 8.19. The Bertz CT molecular complexity index is 1280. The zero-order chi connectivity index (χ0) is 22.0. The molecule has 3 aromatic rings. The fourth-order valence-electron chi connectivity index (χ4n) is 3.05. The maximum Gasteiger partial charge on any atom is 0.337 e. The number of nitrogens with zero attached hydrogens (tertiary/aromatic N) is 1. The molecule has 0 aliphatic carbocycles. The maximum absolute atomic E-state index is 12.8. The minimum atomic E-state index is -0.745. The van der Waals surface area contributed by atoms with Gasteiger partial charge in [-0.3, -0.25) is 14.2 Å². The van der Waals surface area contributed by atoms with Crippen LogP contribution in [0, 0.1) is 0 Å². The third-order valence-corrected chi connectivity index (χ3v) is 4.65. The van der Waals surface area contributed by atoms with Crippen LogP contribution in [0.1, 0.15) is 26.3 Å². The number of fused-ring (bicyclic) bond motifs is 1. The van der Waals surface area contributed by atoms with E-state index in [9.17, 15) is 19.2 Å².